The molecule has 0 aromatic heterocycles. The average molecular weight is 326 g/mol. The highest BCUT2D eigenvalue weighted by atomic mass is 19.4. The maximum atomic E-state index is 13.8. The van der Waals surface area contributed by atoms with Crippen molar-refractivity contribution in [3.63, 3.8) is 0 Å². The van der Waals surface area contributed by atoms with E-state index in [1.54, 1.807) is 13.1 Å². The van der Waals surface area contributed by atoms with E-state index in [1.807, 2.05) is 13.8 Å². The van der Waals surface area contributed by atoms with Crippen molar-refractivity contribution < 1.29 is 22.7 Å². The summed E-state index contributed by atoms with van der Waals surface area (Å²) in [6.45, 7) is 3.69. The number of hydrogen-bond acceptors (Lipinski definition) is 3. The van der Waals surface area contributed by atoms with Gasteiger partial charge in [0.2, 0.25) is 0 Å². The molecule has 7 heteroatoms. The van der Waals surface area contributed by atoms with Crippen LogP contribution in [0.1, 0.15) is 25.8 Å². The molecule has 1 heterocycles. The van der Waals surface area contributed by atoms with Gasteiger partial charge in [-0.25, -0.2) is 4.79 Å². The first kappa shape index (κ1) is 17.0. The maximum absolute atomic E-state index is 13.8. The number of cyclic esters (lactones) is 1. The fourth-order valence-electron chi connectivity index (χ4n) is 2.18. The molecule has 0 aliphatic carbocycles. The first-order chi connectivity index (χ1) is 10.7. The Kier molecular flexibility index (Phi) is 4.46. The molecule has 0 spiro atoms. The summed E-state index contributed by atoms with van der Waals surface area (Å²) < 4.78 is 46.0. The molecule has 1 atom stereocenters. The Morgan fingerprint density at radius 2 is 2.09 bits per heavy atom. The molecule has 1 aliphatic heterocycles. The van der Waals surface area contributed by atoms with Crippen molar-refractivity contribution in [3.05, 3.63) is 23.8 Å². The molecule has 0 fully saturated rings. The zero-order chi connectivity index (χ0) is 17.3. The first-order valence-corrected chi connectivity index (χ1v) is 7.08. The second kappa shape index (κ2) is 6.03. The second-order valence-electron chi connectivity index (χ2n) is 5.60. The zero-order valence-corrected chi connectivity index (χ0v) is 13.0. The van der Waals surface area contributed by atoms with Crippen LogP contribution in [0.2, 0.25) is 0 Å². The summed E-state index contributed by atoms with van der Waals surface area (Å²) in [7, 11) is 1.59. The van der Waals surface area contributed by atoms with Crippen molar-refractivity contribution in [1.29, 1.82) is 0 Å². The van der Waals surface area contributed by atoms with Gasteiger partial charge in [-0.1, -0.05) is 19.8 Å². The molecular weight excluding hydrogens is 309 g/mol. The van der Waals surface area contributed by atoms with Crippen LogP contribution in [0.5, 0.6) is 0 Å². The molecule has 0 radical (unpaired) electrons. The van der Waals surface area contributed by atoms with Gasteiger partial charge >= 0.3 is 12.3 Å². The fourth-order valence-corrected chi connectivity index (χ4v) is 2.18. The highest BCUT2D eigenvalue weighted by Gasteiger charge is 2.61. The lowest BCUT2D eigenvalue weighted by Gasteiger charge is -2.36. The minimum absolute atomic E-state index is 0.0384. The number of anilines is 2. The van der Waals surface area contributed by atoms with Gasteiger partial charge in [0.05, 0.1) is 5.69 Å². The Labute approximate surface area is 132 Å². The molecule has 1 aromatic rings. The van der Waals surface area contributed by atoms with Crippen LogP contribution in [-0.2, 0) is 10.3 Å². The summed E-state index contributed by atoms with van der Waals surface area (Å²) in [6.07, 6.45) is -5.77. The van der Waals surface area contributed by atoms with Crippen molar-refractivity contribution in [2.24, 2.45) is 5.92 Å². The number of halogens is 3. The van der Waals surface area contributed by atoms with E-state index in [-0.39, 0.29) is 23.6 Å². The minimum atomic E-state index is -4.87. The number of fused-ring (bicyclic) bond motifs is 1. The van der Waals surface area contributed by atoms with Crippen molar-refractivity contribution in [2.75, 3.05) is 17.7 Å². The van der Waals surface area contributed by atoms with Crippen LogP contribution in [0.15, 0.2) is 18.2 Å². The van der Waals surface area contributed by atoms with Crippen molar-refractivity contribution in [2.45, 2.75) is 32.0 Å². The van der Waals surface area contributed by atoms with Crippen LogP contribution in [0.4, 0.5) is 29.3 Å². The highest BCUT2D eigenvalue weighted by Crippen LogP contribution is 2.47. The maximum Gasteiger partial charge on any atom is 0.445 e. The summed E-state index contributed by atoms with van der Waals surface area (Å²) in [6, 6.07) is 4.24. The molecule has 124 valence electrons. The lowest BCUT2D eigenvalue weighted by molar-refractivity contribution is -0.239. The number of carbonyl (C=O) groups excluding carboxylic acids is 1. The number of nitrogens with one attached hydrogen (secondary N) is 2. The summed E-state index contributed by atoms with van der Waals surface area (Å²) >= 11 is 0. The van der Waals surface area contributed by atoms with Gasteiger partial charge in [-0.3, -0.25) is 5.32 Å². The van der Waals surface area contributed by atoms with Crippen LogP contribution in [0.3, 0.4) is 0 Å². The van der Waals surface area contributed by atoms with E-state index in [1.165, 1.54) is 12.1 Å². The lowest BCUT2D eigenvalue weighted by Crippen LogP contribution is -2.49. The number of carbonyl (C=O) groups is 1. The molecule has 1 aliphatic rings. The average Bonchev–Trinajstić information content (AvgIpc) is 2.45. The van der Waals surface area contributed by atoms with Crippen molar-refractivity contribution >= 4 is 17.5 Å². The van der Waals surface area contributed by atoms with E-state index < -0.39 is 17.9 Å². The summed E-state index contributed by atoms with van der Waals surface area (Å²) in [5.74, 6) is 4.77. The number of alkyl halides is 3. The summed E-state index contributed by atoms with van der Waals surface area (Å²) in [5, 5.41) is 5.05. The minimum Gasteiger partial charge on any atom is -0.415 e. The third-order valence-corrected chi connectivity index (χ3v) is 3.34. The third kappa shape index (κ3) is 3.21. The molecule has 1 unspecified atom stereocenters. The van der Waals surface area contributed by atoms with Crippen LogP contribution >= 0.6 is 0 Å². The fraction of sp³-hybridized carbons (Fsp3) is 0.438. The monoisotopic (exact) mass is 326 g/mol. The molecule has 0 saturated heterocycles. The second-order valence-corrected chi connectivity index (χ2v) is 5.60. The van der Waals surface area contributed by atoms with E-state index in [2.05, 4.69) is 27.2 Å². The first-order valence-electron chi connectivity index (χ1n) is 7.08. The number of benzene rings is 1. The molecule has 2 N–H and O–H groups in total. The Balaban J connectivity index is 2.66. The van der Waals surface area contributed by atoms with E-state index in [0.717, 1.165) is 0 Å². The van der Waals surface area contributed by atoms with Crippen LogP contribution in [-0.4, -0.2) is 19.3 Å². The van der Waals surface area contributed by atoms with Gasteiger partial charge in [-0.2, -0.15) is 13.2 Å². The van der Waals surface area contributed by atoms with Crippen LogP contribution in [0.25, 0.3) is 0 Å². The largest absolute Gasteiger partial charge is 0.445 e. The molecule has 1 aromatic carbocycles. The Hall–Kier alpha value is -2.36. The van der Waals surface area contributed by atoms with Crippen LogP contribution < -0.4 is 10.6 Å². The molecule has 0 saturated carbocycles. The molecular formula is C16H17F3N2O2. The summed E-state index contributed by atoms with van der Waals surface area (Å²) in [5.41, 5.74) is -2.70. The number of rotatable bonds is 2. The molecule has 0 bridgehead atoms. The normalized spacial score (nSPS) is 20.0. The van der Waals surface area contributed by atoms with Gasteiger partial charge in [-0.15, -0.1) is 0 Å². The van der Waals surface area contributed by atoms with Gasteiger partial charge in [0, 0.05) is 24.7 Å². The van der Waals surface area contributed by atoms with E-state index in [9.17, 15) is 18.0 Å². The van der Waals surface area contributed by atoms with Gasteiger partial charge in [0.15, 0.2) is 0 Å². The van der Waals surface area contributed by atoms with Gasteiger partial charge < -0.3 is 10.1 Å². The third-order valence-electron chi connectivity index (χ3n) is 3.34. The number of amides is 1. The molecule has 1 amide bonds. The van der Waals surface area contributed by atoms with E-state index in [0.29, 0.717) is 5.69 Å². The highest BCUT2D eigenvalue weighted by molar-refractivity contribution is 5.90. The van der Waals surface area contributed by atoms with Crippen LogP contribution in [0, 0.1) is 17.8 Å². The Morgan fingerprint density at radius 1 is 1.39 bits per heavy atom. The Morgan fingerprint density at radius 3 is 2.65 bits per heavy atom. The van der Waals surface area contributed by atoms with E-state index >= 15 is 0 Å². The van der Waals surface area contributed by atoms with E-state index in [4.69, 9.17) is 0 Å². The molecule has 23 heavy (non-hydrogen) atoms. The quantitative estimate of drug-likeness (QED) is 0.805. The Bertz CT molecular complexity index is 674. The standard InChI is InChI=1S/C16H17F3N2O2/c1-10(2)5-4-8-15(16(17,18)19)12-9-11(20-3)6-7-13(12)21-14(22)23-15/h6-7,9-10,20H,5H2,1-3H3,(H,21,22). The lowest BCUT2D eigenvalue weighted by atomic mass is 9.89. The predicted molar refractivity (Wildman–Crippen MR) is 81.1 cm³/mol. The SMILES string of the molecule is CNc1ccc2c(c1)C(C#CCC(C)C)(C(F)(F)F)OC(=O)N2. The van der Waals surface area contributed by atoms with Gasteiger partial charge in [-0.05, 0) is 30.0 Å². The molecule has 2 rings (SSSR count). The molecule has 4 nitrogen and oxygen atoms in total. The predicted octanol–water partition coefficient (Wildman–Crippen LogP) is 4.10. The van der Waals surface area contributed by atoms with Crippen molar-refractivity contribution in [3.8, 4) is 11.8 Å². The van der Waals surface area contributed by atoms with Gasteiger partial charge in [0.25, 0.3) is 5.60 Å². The smallest absolute Gasteiger partial charge is 0.415 e. The summed E-state index contributed by atoms with van der Waals surface area (Å²) in [4.78, 5) is 11.6. The number of hydrogen-bond donors (Lipinski definition) is 2. The zero-order valence-electron chi connectivity index (χ0n) is 13.0. The number of ether oxygens (including phenoxy) is 1. The topological polar surface area (TPSA) is 50.4 Å². The van der Waals surface area contributed by atoms with Crippen molar-refractivity contribution in [1.82, 2.24) is 0 Å². The van der Waals surface area contributed by atoms with Gasteiger partial charge in [0.1, 0.15) is 0 Å².